The molecule has 0 aromatic heterocycles. The van der Waals surface area contributed by atoms with E-state index in [4.69, 9.17) is 14.2 Å². The van der Waals surface area contributed by atoms with Crippen LogP contribution < -0.4 is 10.1 Å². The van der Waals surface area contributed by atoms with Gasteiger partial charge in [0.2, 0.25) is 0 Å². The molecule has 30 heavy (non-hydrogen) atoms. The molecule has 1 heterocycles. The number of nitrogens with one attached hydrogen (secondary N) is 1. The monoisotopic (exact) mass is 419 g/mol. The normalized spacial score (nSPS) is 21.9. The first-order valence-corrected chi connectivity index (χ1v) is 10.9. The zero-order valence-corrected chi connectivity index (χ0v) is 18.5. The minimum Gasteiger partial charge on any atom is -0.490 e. The lowest BCUT2D eigenvalue weighted by Gasteiger charge is -2.46. The molecule has 0 amide bonds. The van der Waals surface area contributed by atoms with Crippen LogP contribution in [0.25, 0.3) is 0 Å². The topological polar surface area (TPSA) is 77.1 Å². The molecule has 0 radical (unpaired) electrons. The van der Waals surface area contributed by atoms with E-state index in [-0.39, 0.29) is 18.7 Å². The number of ether oxygens (including phenoxy) is 3. The van der Waals surface area contributed by atoms with E-state index in [2.05, 4.69) is 24.1 Å². The van der Waals surface area contributed by atoms with Crippen molar-refractivity contribution in [3.8, 4) is 5.75 Å². The number of carbonyl (C=O) groups excluding carboxylic acids is 2. The van der Waals surface area contributed by atoms with E-state index in [0.717, 1.165) is 38.4 Å². The number of piperidine rings is 1. The minimum absolute atomic E-state index is 0. The Kier molecular flexibility index (Phi) is 7.72. The summed E-state index contributed by atoms with van der Waals surface area (Å²) in [5.74, 6) is 0.180. The summed E-state index contributed by atoms with van der Waals surface area (Å²) < 4.78 is 15.7. The maximum absolute atomic E-state index is 12.1. The third-order valence-electron chi connectivity index (χ3n) is 6.23. The Morgan fingerprint density at radius 2 is 1.73 bits per heavy atom. The molecule has 7 nitrogen and oxygen atoms in total. The smallest absolute Gasteiger partial charge is 0.490 e. The van der Waals surface area contributed by atoms with Crippen molar-refractivity contribution < 1.29 is 25.2 Å². The molecule has 2 aliphatic rings. The zero-order chi connectivity index (χ0) is 21.7. The largest absolute Gasteiger partial charge is 1.00 e. The van der Waals surface area contributed by atoms with Crippen molar-refractivity contribution in [2.75, 3.05) is 33.9 Å². The molecule has 7 heteroatoms. The average molecular weight is 420 g/mol. The van der Waals surface area contributed by atoms with Gasteiger partial charge in [0.1, 0.15) is 11.9 Å². The predicted molar refractivity (Wildman–Crippen MR) is 115 cm³/mol. The van der Waals surface area contributed by atoms with Crippen molar-refractivity contribution in [1.29, 1.82) is 0 Å². The number of rotatable bonds is 8. The first-order chi connectivity index (χ1) is 14.4. The van der Waals surface area contributed by atoms with E-state index in [9.17, 15) is 9.59 Å². The van der Waals surface area contributed by atoms with E-state index in [0.29, 0.717) is 17.8 Å². The predicted octanol–water partition coefficient (Wildman–Crippen LogP) is 2.99. The summed E-state index contributed by atoms with van der Waals surface area (Å²) in [5, 5.41) is 3.44. The fourth-order valence-corrected chi connectivity index (χ4v) is 4.40. The van der Waals surface area contributed by atoms with Crippen LogP contribution in [0.5, 0.6) is 5.75 Å². The molecule has 1 aliphatic carbocycles. The molecule has 0 atom stereocenters. The first-order valence-electron chi connectivity index (χ1n) is 10.9. The van der Waals surface area contributed by atoms with E-state index >= 15 is 0 Å². The zero-order valence-electron chi connectivity index (χ0n) is 19.5. The highest BCUT2D eigenvalue weighted by Crippen LogP contribution is 2.33. The van der Waals surface area contributed by atoms with Crippen molar-refractivity contribution in [2.45, 2.75) is 57.7 Å². The maximum atomic E-state index is 12.1. The van der Waals surface area contributed by atoms with Crippen molar-refractivity contribution in [2.24, 2.45) is 5.92 Å². The van der Waals surface area contributed by atoms with Gasteiger partial charge in [0.25, 0.3) is 0 Å². The molecule has 0 unspecified atom stereocenters. The number of carbonyl (C=O) groups is 2. The lowest BCUT2D eigenvalue weighted by Crippen LogP contribution is -2.53. The number of hydrogen-bond donors (Lipinski definition) is 1. The summed E-state index contributed by atoms with van der Waals surface area (Å²) in [6.07, 6.45) is 4.54. The molecule has 1 saturated heterocycles. The van der Waals surface area contributed by atoms with Crippen LogP contribution in [0.1, 0.15) is 61.7 Å². The van der Waals surface area contributed by atoms with Gasteiger partial charge in [-0.1, -0.05) is 0 Å². The molecule has 1 aromatic rings. The van der Waals surface area contributed by atoms with Crippen LogP contribution in [0, 0.1) is 5.92 Å². The molecule has 166 valence electrons. The second-order valence-corrected chi connectivity index (χ2v) is 8.54. The molecule has 1 saturated carbocycles. The molecule has 0 spiro atoms. The van der Waals surface area contributed by atoms with E-state index in [1.165, 1.54) is 27.1 Å². The highest BCUT2D eigenvalue weighted by Gasteiger charge is 2.37. The van der Waals surface area contributed by atoms with Crippen molar-refractivity contribution in [3.63, 3.8) is 0 Å². The average Bonchev–Trinajstić information content (AvgIpc) is 2.74. The molecule has 3 rings (SSSR count). The second-order valence-electron chi connectivity index (χ2n) is 8.54. The molecule has 2 fully saturated rings. The van der Waals surface area contributed by atoms with Gasteiger partial charge in [-0.3, -0.25) is 4.90 Å². The quantitative estimate of drug-likeness (QED) is 0.649. The Labute approximate surface area is 180 Å². The summed E-state index contributed by atoms with van der Waals surface area (Å²) >= 11 is 0. The fraction of sp³-hybridized carbons (Fsp3) is 0.652. The van der Waals surface area contributed by atoms with Gasteiger partial charge in [0.05, 0.1) is 25.3 Å². The Morgan fingerprint density at radius 3 is 2.33 bits per heavy atom. The molecule has 0 bridgehead atoms. The lowest BCUT2D eigenvalue weighted by atomic mass is 9.85. The standard InChI is InChI=1S/C23H34N2O5/c1-15(2)25(14-16-7-9-24-10-8-16)17-11-19(12-17)30-18-5-6-20(22(26)28-3)21(13-18)23(27)29-4/h5-6,13,15-17,19,24H,7-12,14H2,1-4H3/p+1/t17-,19-. The number of methoxy groups -OCH3 is 2. The van der Waals surface area contributed by atoms with Crippen LogP contribution in [0.15, 0.2) is 18.2 Å². The Balaban J connectivity index is 0.00000341. The Hall–Kier alpha value is -2.12. The summed E-state index contributed by atoms with van der Waals surface area (Å²) in [5.41, 5.74) is 0.337. The van der Waals surface area contributed by atoms with E-state index in [1.807, 2.05) is 0 Å². The van der Waals surface area contributed by atoms with E-state index < -0.39 is 11.9 Å². The number of benzene rings is 1. The van der Waals surface area contributed by atoms with Gasteiger partial charge in [-0.15, -0.1) is 0 Å². The third kappa shape index (κ3) is 5.32. The molecule has 1 N–H and O–H groups in total. The second kappa shape index (κ2) is 10.3. The Bertz CT molecular complexity index is 745. The van der Waals surface area contributed by atoms with Gasteiger partial charge in [-0.2, -0.15) is 0 Å². The highest BCUT2D eigenvalue weighted by atomic mass is 16.5. The molecule has 1 aliphatic heterocycles. The summed E-state index contributed by atoms with van der Waals surface area (Å²) in [7, 11) is 2.57. The van der Waals surface area contributed by atoms with Gasteiger partial charge >= 0.3 is 13.4 Å². The SMILES string of the molecule is COC(=O)c1ccc(O[C@H]2C[C@H](N(CC3CCNCC3)C(C)C)C2)cc1C(=O)OC.[H+]. The van der Waals surface area contributed by atoms with Crippen LogP contribution >= 0.6 is 0 Å². The number of esters is 2. The van der Waals surface area contributed by atoms with Crippen LogP contribution in [0.2, 0.25) is 0 Å². The summed E-state index contributed by atoms with van der Waals surface area (Å²) in [6.45, 7) is 7.93. The molecular weight excluding hydrogens is 384 g/mol. The first kappa shape index (κ1) is 22.6. The fourth-order valence-electron chi connectivity index (χ4n) is 4.40. The van der Waals surface area contributed by atoms with Gasteiger partial charge in [0.15, 0.2) is 0 Å². The molecule has 1 aromatic carbocycles. The van der Waals surface area contributed by atoms with E-state index in [1.54, 1.807) is 18.2 Å². The van der Waals surface area contributed by atoms with Crippen LogP contribution in [-0.4, -0.2) is 68.9 Å². The minimum atomic E-state index is -0.583. The van der Waals surface area contributed by atoms with Crippen LogP contribution in [-0.2, 0) is 9.47 Å². The Morgan fingerprint density at radius 1 is 1.10 bits per heavy atom. The van der Waals surface area contributed by atoms with Crippen molar-refractivity contribution in [1.82, 2.24) is 10.2 Å². The highest BCUT2D eigenvalue weighted by molar-refractivity contribution is 6.03. The van der Waals surface area contributed by atoms with Gasteiger partial charge in [0, 0.05) is 31.5 Å². The third-order valence-corrected chi connectivity index (χ3v) is 6.23. The van der Waals surface area contributed by atoms with Crippen LogP contribution in [0.3, 0.4) is 0 Å². The van der Waals surface area contributed by atoms with Crippen LogP contribution in [0.4, 0.5) is 0 Å². The van der Waals surface area contributed by atoms with Gasteiger partial charge in [-0.05, 0) is 63.9 Å². The van der Waals surface area contributed by atoms with Gasteiger partial charge < -0.3 is 19.5 Å². The maximum Gasteiger partial charge on any atom is 1.00 e. The van der Waals surface area contributed by atoms with Crippen molar-refractivity contribution in [3.05, 3.63) is 29.3 Å². The van der Waals surface area contributed by atoms with Crippen molar-refractivity contribution >= 4 is 11.9 Å². The van der Waals surface area contributed by atoms with Gasteiger partial charge in [-0.25, -0.2) is 9.59 Å². The lowest BCUT2D eigenvalue weighted by molar-refractivity contribution is -0.00707. The summed E-state index contributed by atoms with van der Waals surface area (Å²) in [4.78, 5) is 26.6. The summed E-state index contributed by atoms with van der Waals surface area (Å²) in [6, 6.07) is 5.87. The number of nitrogens with zero attached hydrogens (tertiary/aromatic N) is 1. The molecular formula is C23H35N2O5+. The number of hydrogen-bond acceptors (Lipinski definition) is 7.